The summed E-state index contributed by atoms with van der Waals surface area (Å²) < 4.78 is 39.2. The van der Waals surface area contributed by atoms with Gasteiger partial charge >= 0.3 is 0 Å². The number of rotatable bonds is 0. The second kappa shape index (κ2) is 3.19. The molecule has 1 aromatic rings. The molecule has 0 fully saturated rings. The minimum atomic E-state index is -2.74. The Bertz CT molecular complexity index is 349. The SMILES string of the molecule is Fc1cccc2c1CCC(F)(F)CN2. The molecule has 1 aliphatic heterocycles. The number of halogens is 3. The number of nitrogens with one attached hydrogen (secondary N) is 1. The summed E-state index contributed by atoms with van der Waals surface area (Å²) in [5, 5.41) is 2.57. The van der Waals surface area contributed by atoms with Crippen molar-refractivity contribution in [2.45, 2.75) is 18.8 Å². The van der Waals surface area contributed by atoms with E-state index >= 15 is 0 Å². The van der Waals surface area contributed by atoms with Gasteiger partial charge in [-0.1, -0.05) is 6.07 Å². The lowest BCUT2D eigenvalue weighted by atomic mass is 10.1. The maximum atomic E-state index is 13.2. The first-order valence-electron chi connectivity index (χ1n) is 4.48. The molecule has 1 heterocycles. The summed E-state index contributed by atoms with van der Waals surface area (Å²) in [5.74, 6) is -3.15. The van der Waals surface area contributed by atoms with Gasteiger partial charge in [-0.05, 0) is 18.6 Å². The third kappa shape index (κ3) is 1.69. The first-order valence-corrected chi connectivity index (χ1v) is 4.48. The Morgan fingerprint density at radius 1 is 1.29 bits per heavy atom. The molecule has 1 nitrogen and oxygen atoms in total. The van der Waals surface area contributed by atoms with Crippen molar-refractivity contribution < 1.29 is 13.2 Å². The highest BCUT2D eigenvalue weighted by Gasteiger charge is 2.31. The van der Waals surface area contributed by atoms with Crippen molar-refractivity contribution in [1.29, 1.82) is 0 Å². The summed E-state index contributed by atoms with van der Waals surface area (Å²) in [6.07, 6.45) is -0.212. The zero-order valence-corrected chi connectivity index (χ0v) is 7.49. The number of hydrogen-bond donors (Lipinski definition) is 1. The van der Waals surface area contributed by atoms with Gasteiger partial charge in [0.1, 0.15) is 5.82 Å². The Morgan fingerprint density at radius 2 is 2.07 bits per heavy atom. The van der Waals surface area contributed by atoms with Gasteiger partial charge in [0.15, 0.2) is 0 Å². The van der Waals surface area contributed by atoms with E-state index in [1.807, 2.05) is 0 Å². The zero-order chi connectivity index (χ0) is 10.2. The molecule has 0 unspecified atom stereocenters. The number of benzene rings is 1. The average Bonchev–Trinajstić information content (AvgIpc) is 2.27. The van der Waals surface area contributed by atoms with E-state index < -0.39 is 18.3 Å². The average molecular weight is 201 g/mol. The summed E-state index contributed by atoms with van der Waals surface area (Å²) in [7, 11) is 0. The number of anilines is 1. The molecule has 0 amide bonds. The Hall–Kier alpha value is -1.19. The minimum absolute atomic E-state index is 0.0853. The van der Waals surface area contributed by atoms with Gasteiger partial charge in [-0.15, -0.1) is 0 Å². The lowest BCUT2D eigenvalue weighted by Gasteiger charge is -2.12. The second-order valence-corrected chi connectivity index (χ2v) is 3.48. The van der Waals surface area contributed by atoms with Crippen LogP contribution >= 0.6 is 0 Å². The van der Waals surface area contributed by atoms with Crippen LogP contribution in [-0.2, 0) is 6.42 Å². The predicted molar refractivity (Wildman–Crippen MR) is 48.2 cm³/mol. The normalized spacial score (nSPS) is 19.4. The molecule has 1 N–H and O–H groups in total. The summed E-state index contributed by atoms with van der Waals surface area (Å²) >= 11 is 0. The molecule has 0 bridgehead atoms. The molecule has 0 radical (unpaired) electrons. The Morgan fingerprint density at radius 3 is 2.86 bits per heavy atom. The number of hydrogen-bond acceptors (Lipinski definition) is 1. The molecule has 0 aromatic heterocycles. The van der Waals surface area contributed by atoms with Crippen molar-refractivity contribution in [3.05, 3.63) is 29.6 Å². The van der Waals surface area contributed by atoms with Crippen molar-refractivity contribution in [2.75, 3.05) is 11.9 Å². The van der Waals surface area contributed by atoms with Crippen molar-refractivity contribution in [3.8, 4) is 0 Å². The molecule has 1 aliphatic rings. The van der Waals surface area contributed by atoms with Crippen LogP contribution in [0.5, 0.6) is 0 Å². The van der Waals surface area contributed by atoms with Crippen LogP contribution in [0.1, 0.15) is 12.0 Å². The van der Waals surface area contributed by atoms with Gasteiger partial charge in [0, 0.05) is 17.7 Å². The predicted octanol–water partition coefficient (Wildman–Crippen LogP) is 2.82. The molecule has 14 heavy (non-hydrogen) atoms. The number of alkyl halides is 2. The van der Waals surface area contributed by atoms with E-state index in [-0.39, 0.29) is 12.8 Å². The molecule has 76 valence electrons. The zero-order valence-electron chi connectivity index (χ0n) is 7.49. The molecule has 0 saturated carbocycles. The van der Waals surface area contributed by atoms with Gasteiger partial charge < -0.3 is 5.32 Å². The standard InChI is InChI=1S/C10H10F3N/c11-8-2-1-3-9-7(8)4-5-10(12,13)6-14-9/h1-3,14H,4-6H2. The van der Waals surface area contributed by atoms with Crippen molar-refractivity contribution >= 4 is 5.69 Å². The minimum Gasteiger partial charge on any atom is -0.379 e. The second-order valence-electron chi connectivity index (χ2n) is 3.48. The Kier molecular flexibility index (Phi) is 2.13. The van der Waals surface area contributed by atoms with Gasteiger partial charge in [0.25, 0.3) is 5.92 Å². The van der Waals surface area contributed by atoms with Crippen LogP contribution in [0, 0.1) is 5.82 Å². The van der Waals surface area contributed by atoms with Gasteiger partial charge in [0.05, 0.1) is 6.54 Å². The van der Waals surface area contributed by atoms with E-state index in [0.717, 1.165) is 0 Å². The lowest BCUT2D eigenvalue weighted by molar-refractivity contribution is 0.00831. The van der Waals surface area contributed by atoms with E-state index in [2.05, 4.69) is 5.32 Å². The molecule has 1 aromatic carbocycles. The first-order chi connectivity index (χ1) is 6.58. The summed E-state index contributed by atoms with van der Waals surface area (Å²) in [5.41, 5.74) is 0.854. The monoisotopic (exact) mass is 201 g/mol. The topological polar surface area (TPSA) is 12.0 Å². The van der Waals surface area contributed by atoms with E-state index in [1.54, 1.807) is 6.07 Å². The van der Waals surface area contributed by atoms with Crippen molar-refractivity contribution in [1.82, 2.24) is 0 Å². The highest BCUT2D eigenvalue weighted by atomic mass is 19.3. The van der Waals surface area contributed by atoms with Crippen LogP contribution in [0.3, 0.4) is 0 Å². The van der Waals surface area contributed by atoms with Crippen LogP contribution in [0.25, 0.3) is 0 Å². The molecule has 4 heteroatoms. The lowest BCUT2D eigenvalue weighted by Crippen LogP contribution is -2.25. The van der Waals surface area contributed by atoms with Crippen LogP contribution in [0.4, 0.5) is 18.9 Å². The summed E-state index contributed by atoms with van der Waals surface area (Å²) in [6.45, 7) is -0.413. The van der Waals surface area contributed by atoms with Crippen molar-refractivity contribution in [3.63, 3.8) is 0 Å². The molecular weight excluding hydrogens is 191 g/mol. The Balaban J connectivity index is 2.34. The van der Waals surface area contributed by atoms with Crippen LogP contribution in [0.15, 0.2) is 18.2 Å². The maximum absolute atomic E-state index is 13.2. The fraction of sp³-hybridized carbons (Fsp3) is 0.400. The summed E-state index contributed by atoms with van der Waals surface area (Å²) in [6, 6.07) is 4.44. The third-order valence-corrected chi connectivity index (χ3v) is 2.40. The fourth-order valence-corrected chi connectivity index (χ4v) is 1.60. The van der Waals surface area contributed by atoms with Crippen LogP contribution in [-0.4, -0.2) is 12.5 Å². The first kappa shape index (κ1) is 9.37. The van der Waals surface area contributed by atoms with Gasteiger partial charge in [-0.3, -0.25) is 0 Å². The maximum Gasteiger partial charge on any atom is 0.265 e. The smallest absolute Gasteiger partial charge is 0.265 e. The Labute approximate surface area is 79.9 Å². The quantitative estimate of drug-likeness (QED) is 0.680. The molecule has 0 spiro atoms. The molecular formula is C10H10F3N. The van der Waals surface area contributed by atoms with E-state index in [9.17, 15) is 13.2 Å². The van der Waals surface area contributed by atoms with Gasteiger partial charge in [-0.25, -0.2) is 13.2 Å². The third-order valence-electron chi connectivity index (χ3n) is 2.40. The molecule has 0 atom stereocenters. The number of fused-ring (bicyclic) bond motifs is 1. The van der Waals surface area contributed by atoms with Crippen molar-refractivity contribution in [2.24, 2.45) is 0 Å². The molecule has 0 aliphatic carbocycles. The van der Waals surface area contributed by atoms with Gasteiger partial charge in [0.2, 0.25) is 0 Å². The van der Waals surface area contributed by atoms with E-state index in [4.69, 9.17) is 0 Å². The van der Waals surface area contributed by atoms with E-state index in [1.165, 1.54) is 12.1 Å². The fourth-order valence-electron chi connectivity index (χ4n) is 1.60. The van der Waals surface area contributed by atoms with E-state index in [0.29, 0.717) is 11.3 Å². The molecule has 2 rings (SSSR count). The molecule has 0 saturated heterocycles. The highest BCUT2D eigenvalue weighted by Crippen LogP contribution is 2.30. The largest absolute Gasteiger partial charge is 0.379 e. The summed E-state index contributed by atoms with van der Waals surface area (Å²) in [4.78, 5) is 0. The van der Waals surface area contributed by atoms with Crippen LogP contribution < -0.4 is 5.32 Å². The van der Waals surface area contributed by atoms with Crippen LogP contribution in [0.2, 0.25) is 0 Å². The highest BCUT2D eigenvalue weighted by molar-refractivity contribution is 5.52. The van der Waals surface area contributed by atoms with Gasteiger partial charge in [-0.2, -0.15) is 0 Å².